The molecule has 1 aliphatic rings. The second kappa shape index (κ2) is 4.17. The molecule has 0 N–H and O–H groups in total. The minimum atomic E-state index is -0.487. The first-order valence-electron chi connectivity index (χ1n) is 4.44. The lowest BCUT2D eigenvalue weighted by atomic mass is 10.2. The number of esters is 1. The number of allylic oxidation sites excluding steroid dienone is 1. The molecule has 0 aromatic heterocycles. The molecule has 0 aliphatic carbocycles. The van der Waals surface area contributed by atoms with Gasteiger partial charge in [-0.1, -0.05) is 0 Å². The van der Waals surface area contributed by atoms with Gasteiger partial charge in [0.1, 0.15) is 11.3 Å². The van der Waals surface area contributed by atoms with Crippen LogP contribution in [0.4, 0.5) is 0 Å². The third-order valence-corrected chi connectivity index (χ3v) is 1.38. The summed E-state index contributed by atoms with van der Waals surface area (Å²) in [6.07, 6.45) is 4.83. The van der Waals surface area contributed by atoms with Crippen LogP contribution in [0.15, 0.2) is 22.3 Å². The number of carbonyl (C=O) groups excluding carboxylic acids is 1. The maximum absolute atomic E-state index is 11.5. The fourth-order valence-electron chi connectivity index (χ4n) is 0.867. The molecule has 0 spiro atoms. The molecule has 0 fully saturated rings. The van der Waals surface area contributed by atoms with E-state index >= 15 is 0 Å². The fourth-order valence-corrected chi connectivity index (χ4v) is 0.867. The average Bonchev–Trinajstić information content (AvgIpc) is 2.27. The van der Waals surface area contributed by atoms with Crippen LogP contribution in [0.2, 0.25) is 0 Å². The third-order valence-electron chi connectivity index (χ3n) is 1.38. The van der Waals surface area contributed by atoms with Crippen LogP contribution in [0.25, 0.3) is 0 Å². The highest BCUT2D eigenvalue weighted by Gasteiger charge is 2.20. The van der Waals surface area contributed by atoms with Crippen molar-refractivity contribution in [1.29, 1.82) is 0 Å². The second-order valence-corrected chi connectivity index (χ2v) is 3.91. The molecule has 0 atom stereocenters. The largest absolute Gasteiger partial charge is 0.455 e. The molecular formula is C10H14N2O2. The Morgan fingerprint density at radius 2 is 2.21 bits per heavy atom. The Hall–Kier alpha value is -1.45. The van der Waals surface area contributed by atoms with E-state index in [2.05, 4.69) is 9.98 Å². The predicted molar refractivity (Wildman–Crippen MR) is 55.8 cm³/mol. The quantitative estimate of drug-likeness (QED) is 0.592. The van der Waals surface area contributed by atoms with E-state index < -0.39 is 11.6 Å². The van der Waals surface area contributed by atoms with Gasteiger partial charge in [0.25, 0.3) is 0 Å². The van der Waals surface area contributed by atoms with Crippen LogP contribution in [0.3, 0.4) is 0 Å². The lowest BCUT2D eigenvalue weighted by molar-refractivity contribution is -0.146. The Kier molecular flexibility index (Phi) is 3.17. The smallest absolute Gasteiger partial charge is 0.355 e. The van der Waals surface area contributed by atoms with Gasteiger partial charge in [-0.2, -0.15) is 0 Å². The normalized spacial score (nSPS) is 16.1. The highest BCUT2D eigenvalue weighted by molar-refractivity contribution is 6.37. The van der Waals surface area contributed by atoms with Gasteiger partial charge in [0.15, 0.2) is 0 Å². The molecule has 0 saturated carbocycles. The van der Waals surface area contributed by atoms with E-state index in [1.807, 2.05) is 20.8 Å². The highest BCUT2D eigenvalue weighted by atomic mass is 16.6. The molecule has 1 aliphatic heterocycles. The van der Waals surface area contributed by atoms with Crippen molar-refractivity contribution >= 4 is 17.9 Å². The minimum absolute atomic E-state index is 0.280. The van der Waals surface area contributed by atoms with Crippen molar-refractivity contribution < 1.29 is 9.53 Å². The number of carbonyl (C=O) groups is 1. The maximum Gasteiger partial charge on any atom is 0.355 e. The molecule has 4 nitrogen and oxygen atoms in total. The first kappa shape index (κ1) is 10.6. The number of nitrogens with zero attached hydrogens (tertiary/aromatic N) is 2. The Labute approximate surface area is 83.4 Å². The van der Waals surface area contributed by atoms with E-state index in [-0.39, 0.29) is 6.54 Å². The standard InChI is InChI=1S/C10H14N2O2/c1-10(2,3)14-9(13)8-7-11-5-4-6-12-8/h4-6H,7H2,1-3H3. The molecule has 76 valence electrons. The van der Waals surface area contributed by atoms with E-state index in [0.29, 0.717) is 5.71 Å². The van der Waals surface area contributed by atoms with Crippen molar-refractivity contribution in [2.24, 2.45) is 9.98 Å². The summed E-state index contributed by atoms with van der Waals surface area (Å²) in [5.41, 5.74) is -0.149. The lowest BCUT2D eigenvalue weighted by Crippen LogP contribution is -2.30. The fraction of sp³-hybridized carbons (Fsp3) is 0.500. The molecular weight excluding hydrogens is 180 g/mol. The molecule has 4 heteroatoms. The van der Waals surface area contributed by atoms with Gasteiger partial charge < -0.3 is 4.74 Å². The second-order valence-electron chi connectivity index (χ2n) is 3.91. The number of hydrogen-bond donors (Lipinski definition) is 0. The molecule has 1 heterocycles. The summed E-state index contributed by atoms with van der Waals surface area (Å²) in [6.45, 7) is 5.74. The average molecular weight is 194 g/mol. The van der Waals surface area contributed by atoms with Gasteiger partial charge in [-0.25, -0.2) is 4.79 Å². The number of rotatable bonds is 1. The van der Waals surface area contributed by atoms with Gasteiger partial charge in [0.05, 0.1) is 6.54 Å². The van der Waals surface area contributed by atoms with E-state index in [1.165, 1.54) is 6.20 Å². The van der Waals surface area contributed by atoms with Crippen LogP contribution >= 0.6 is 0 Å². The van der Waals surface area contributed by atoms with E-state index in [0.717, 1.165) is 0 Å². The van der Waals surface area contributed by atoms with Gasteiger partial charge in [0, 0.05) is 12.4 Å². The Morgan fingerprint density at radius 1 is 1.50 bits per heavy atom. The minimum Gasteiger partial charge on any atom is -0.455 e. The van der Waals surface area contributed by atoms with E-state index in [1.54, 1.807) is 12.3 Å². The van der Waals surface area contributed by atoms with Crippen LogP contribution in [-0.4, -0.2) is 30.0 Å². The van der Waals surface area contributed by atoms with Crippen LogP contribution < -0.4 is 0 Å². The maximum atomic E-state index is 11.5. The van der Waals surface area contributed by atoms with Crippen molar-refractivity contribution in [2.45, 2.75) is 26.4 Å². The molecule has 14 heavy (non-hydrogen) atoms. The number of ether oxygens (including phenoxy) is 1. The number of hydrogen-bond acceptors (Lipinski definition) is 4. The summed E-state index contributed by atoms with van der Waals surface area (Å²) >= 11 is 0. The molecule has 0 saturated heterocycles. The highest BCUT2D eigenvalue weighted by Crippen LogP contribution is 2.08. The summed E-state index contributed by atoms with van der Waals surface area (Å²) in [7, 11) is 0. The summed E-state index contributed by atoms with van der Waals surface area (Å²) < 4.78 is 5.16. The Bertz CT molecular complexity index is 309. The van der Waals surface area contributed by atoms with Crippen molar-refractivity contribution in [3.05, 3.63) is 12.3 Å². The molecule has 0 bridgehead atoms. The van der Waals surface area contributed by atoms with Gasteiger partial charge >= 0.3 is 5.97 Å². The first-order valence-corrected chi connectivity index (χ1v) is 4.44. The van der Waals surface area contributed by atoms with Gasteiger partial charge in [0.2, 0.25) is 0 Å². The van der Waals surface area contributed by atoms with Crippen LogP contribution in [0.1, 0.15) is 20.8 Å². The van der Waals surface area contributed by atoms with Crippen molar-refractivity contribution in [1.82, 2.24) is 0 Å². The topological polar surface area (TPSA) is 51.0 Å². The monoisotopic (exact) mass is 194 g/mol. The van der Waals surface area contributed by atoms with Crippen LogP contribution in [0.5, 0.6) is 0 Å². The zero-order valence-electron chi connectivity index (χ0n) is 8.65. The zero-order chi connectivity index (χ0) is 10.6. The third kappa shape index (κ3) is 3.51. The predicted octanol–water partition coefficient (Wildman–Crippen LogP) is 1.37. The summed E-state index contributed by atoms with van der Waals surface area (Å²) in [5, 5.41) is 0. The summed E-state index contributed by atoms with van der Waals surface area (Å²) in [6, 6.07) is 0. The first-order chi connectivity index (χ1) is 6.49. The van der Waals surface area contributed by atoms with Crippen LogP contribution in [-0.2, 0) is 9.53 Å². The molecule has 0 aromatic rings. The molecule has 0 aromatic carbocycles. The Morgan fingerprint density at radius 3 is 2.86 bits per heavy atom. The van der Waals surface area contributed by atoms with Crippen molar-refractivity contribution in [2.75, 3.05) is 6.54 Å². The zero-order valence-corrected chi connectivity index (χ0v) is 8.65. The van der Waals surface area contributed by atoms with Crippen molar-refractivity contribution in [3.8, 4) is 0 Å². The van der Waals surface area contributed by atoms with E-state index in [9.17, 15) is 4.79 Å². The molecule has 0 radical (unpaired) electrons. The van der Waals surface area contributed by atoms with Gasteiger partial charge in [-0.05, 0) is 26.8 Å². The summed E-state index contributed by atoms with van der Waals surface area (Å²) in [5.74, 6) is -0.402. The molecule has 0 amide bonds. The number of aliphatic imine (C=N–C) groups is 2. The van der Waals surface area contributed by atoms with Gasteiger partial charge in [-0.3, -0.25) is 9.98 Å². The summed E-state index contributed by atoms with van der Waals surface area (Å²) in [4.78, 5) is 19.4. The van der Waals surface area contributed by atoms with E-state index in [4.69, 9.17) is 4.74 Å². The lowest BCUT2D eigenvalue weighted by Gasteiger charge is -2.19. The van der Waals surface area contributed by atoms with Gasteiger partial charge in [-0.15, -0.1) is 0 Å². The molecule has 0 unspecified atom stereocenters. The Balaban J connectivity index is 2.66. The van der Waals surface area contributed by atoms with Crippen LogP contribution in [0, 0.1) is 0 Å². The van der Waals surface area contributed by atoms with Crippen molar-refractivity contribution in [3.63, 3.8) is 0 Å². The molecule has 1 rings (SSSR count). The SMILES string of the molecule is CC(C)(C)OC(=O)C1=NC=CC=NC1.